The van der Waals surface area contributed by atoms with Gasteiger partial charge in [0.25, 0.3) is 6.43 Å². The van der Waals surface area contributed by atoms with Gasteiger partial charge >= 0.3 is 0 Å². The van der Waals surface area contributed by atoms with Crippen LogP contribution in [0.3, 0.4) is 0 Å². The summed E-state index contributed by atoms with van der Waals surface area (Å²) in [6.07, 6.45) is -2.28. The highest BCUT2D eigenvalue weighted by atomic mass is 35.5. The summed E-state index contributed by atoms with van der Waals surface area (Å²) in [4.78, 5) is 0. The molecule has 1 unspecified atom stereocenters. The molecule has 0 aliphatic heterocycles. The summed E-state index contributed by atoms with van der Waals surface area (Å²) in [6, 6.07) is -0.0272. The Morgan fingerprint density at radius 2 is 2.11 bits per heavy atom. The van der Waals surface area contributed by atoms with Gasteiger partial charge in [0.1, 0.15) is 0 Å². The molecule has 0 aliphatic carbocycles. The lowest BCUT2D eigenvalue weighted by molar-refractivity contribution is 0.143. The van der Waals surface area contributed by atoms with E-state index in [1.165, 1.54) is 0 Å². The summed E-state index contributed by atoms with van der Waals surface area (Å²) in [5.74, 6) is 0.368. The highest BCUT2D eigenvalue weighted by Crippen LogP contribution is 1.91. The lowest BCUT2D eigenvalue weighted by Gasteiger charge is -2.08. The summed E-state index contributed by atoms with van der Waals surface area (Å²) in [5, 5.41) is 2.55. The molecule has 0 saturated heterocycles. The molecule has 0 bridgehead atoms. The summed E-state index contributed by atoms with van der Waals surface area (Å²) in [6.45, 7) is 1.49. The molecule has 1 atom stereocenters. The molecule has 4 heteroatoms. The molecule has 0 amide bonds. The Bertz CT molecular complexity index is 70.0. The highest BCUT2D eigenvalue weighted by molar-refractivity contribution is 6.18. The van der Waals surface area contributed by atoms with Crippen LogP contribution in [0.4, 0.5) is 8.78 Å². The standard InChI is InChI=1S/C5H10ClF2N/c1-4(2-6)9-3-5(7)8/h4-5,9H,2-3H2,1H3. The van der Waals surface area contributed by atoms with Gasteiger partial charge in [-0.25, -0.2) is 8.78 Å². The van der Waals surface area contributed by atoms with Crippen LogP contribution < -0.4 is 5.32 Å². The van der Waals surface area contributed by atoms with Crippen LogP contribution in [0.2, 0.25) is 0 Å². The Morgan fingerprint density at radius 3 is 2.44 bits per heavy atom. The Hall–Kier alpha value is 0.110. The smallest absolute Gasteiger partial charge is 0.250 e. The molecular weight excluding hydrogens is 148 g/mol. The number of rotatable bonds is 4. The molecule has 0 radical (unpaired) electrons. The number of alkyl halides is 3. The summed E-state index contributed by atoms with van der Waals surface area (Å²) >= 11 is 5.33. The molecule has 1 nitrogen and oxygen atoms in total. The first-order valence-corrected chi connectivity index (χ1v) is 3.27. The average molecular weight is 158 g/mol. The van der Waals surface area contributed by atoms with Crippen LogP contribution in [0.1, 0.15) is 6.92 Å². The first kappa shape index (κ1) is 9.11. The molecule has 0 aromatic heterocycles. The molecule has 0 rings (SSSR count). The first-order chi connectivity index (χ1) is 4.16. The van der Waals surface area contributed by atoms with Gasteiger partial charge in [-0.1, -0.05) is 0 Å². The third-order valence-corrected chi connectivity index (χ3v) is 1.31. The van der Waals surface area contributed by atoms with Gasteiger partial charge in [-0.15, -0.1) is 11.6 Å². The van der Waals surface area contributed by atoms with E-state index in [4.69, 9.17) is 11.6 Å². The summed E-state index contributed by atoms with van der Waals surface area (Å²) in [7, 11) is 0. The van der Waals surface area contributed by atoms with E-state index in [0.29, 0.717) is 5.88 Å². The van der Waals surface area contributed by atoms with Crippen molar-refractivity contribution in [1.29, 1.82) is 0 Å². The first-order valence-electron chi connectivity index (χ1n) is 2.74. The number of hydrogen-bond donors (Lipinski definition) is 1. The quantitative estimate of drug-likeness (QED) is 0.610. The Kier molecular flexibility index (Phi) is 5.00. The van der Waals surface area contributed by atoms with Gasteiger partial charge in [0.2, 0.25) is 0 Å². The summed E-state index contributed by atoms with van der Waals surface area (Å²) in [5.41, 5.74) is 0. The van der Waals surface area contributed by atoms with Gasteiger partial charge in [0.15, 0.2) is 0 Å². The van der Waals surface area contributed by atoms with Crippen molar-refractivity contribution in [3.8, 4) is 0 Å². The average Bonchev–Trinajstić information content (AvgIpc) is 1.83. The fraction of sp³-hybridized carbons (Fsp3) is 1.00. The Labute approximate surface area is 58.4 Å². The zero-order valence-corrected chi connectivity index (χ0v) is 5.96. The van der Waals surface area contributed by atoms with E-state index in [-0.39, 0.29) is 12.6 Å². The van der Waals surface area contributed by atoms with Crippen LogP contribution >= 0.6 is 11.6 Å². The molecule has 0 heterocycles. The Balaban J connectivity index is 3.06. The zero-order chi connectivity index (χ0) is 7.28. The van der Waals surface area contributed by atoms with Crippen LogP contribution in [-0.4, -0.2) is 24.9 Å². The second-order valence-corrected chi connectivity index (χ2v) is 2.16. The van der Waals surface area contributed by atoms with Crippen LogP contribution in [-0.2, 0) is 0 Å². The third-order valence-electron chi connectivity index (χ3n) is 0.852. The number of halogens is 3. The van der Waals surface area contributed by atoms with Crippen LogP contribution in [0.15, 0.2) is 0 Å². The van der Waals surface area contributed by atoms with Gasteiger partial charge in [0.05, 0.1) is 6.54 Å². The van der Waals surface area contributed by atoms with Crippen molar-refractivity contribution in [2.24, 2.45) is 0 Å². The molecule has 0 aliphatic rings. The molecule has 9 heavy (non-hydrogen) atoms. The van der Waals surface area contributed by atoms with E-state index < -0.39 is 6.43 Å². The lowest BCUT2D eigenvalue weighted by atomic mass is 10.4. The predicted octanol–water partition coefficient (Wildman–Crippen LogP) is 1.47. The van der Waals surface area contributed by atoms with E-state index in [1.54, 1.807) is 6.92 Å². The number of hydrogen-bond acceptors (Lipinski definition) is 1. The minimum atomic E-state index is -2.28. The van der Waals surface area contributed by atoms with Gasteiger partial charge in [-0.05, 0) is 6.92 Å². The van der Waals surface area contributed by atoms with Crippen molar-refractivity contribution in [3.05, 3.63) is 0 Å². The lowest BCUT2D eigenvalue weighted by Crippen LogP contribution is -2.31. The summed E-state index contributed by atoms with van der Waals surface area (Å²) < 4.78 is 22.9. The van der Waals surface area contributed by atoms with Gasteiger partial charge in [0, 0.05) is 11.9 Å². The second-order valence-electron chi connectivity index (χ2n) is 1.85. The monoisotopic (exact) mass is 157 g/mol. The van der Waals surface area contributed by atoms with Crippen molar-refractivity contribution < 1.29 is 8.78 Å². The maximum atomic E-state index is 11.4. The van der Waals surface area contributed by atoms with Gasteiger partial charge in [-0.3, -0.25) is 0 Å². The third kappa shape index (κ3) is 5.99. The molecule has 0 aromatic rings. The Morgan fingerprint density at radius 1 is 1.56 bits per heavy atom. The maximum Gasteiger partial charge on any atom is 0.250 e. The van der Waals surface area contributed by atoms with Crippen LogP contribution in [0.25, 0.3) is 0 Å². The fourth-order valence-corrected chi connectivity index (χ4v) is 0.454. The molecule has 0 saturated carbocycles. The van der Waals surface area contributed by atoms with E-state index in [0.717, 1.165) is 0 Å². The minimum absolute atomic E-state index is 0.0272. The van der Waals surface area contributed by atoms with Crippen LogP contribution in [0, 0.1) is 0 Å². The highest BCUT2D eigenvalue weighted by Gasteiger charge is 2.03. The molecule has 0 aromatic carbocycles. The second kappa shape index (κ2) is 4.94. The molecule has 0 spiro atoms. The van der Waals surface area contributed by atoms with Crippen molar-refractivity contribution in [1.82, 2.24) is 5.32 Å². The van der Waals surface area contributed by atoms with E-state index in [1.807, 2.05) is 0 Å². The predicted molar refractivity (Wildman–Crippen MR) is 34.2 cm³/mol. The SMILES string of the molecule is CC(CCl)NCC(F)F. The van der Waals surface area contributed by atoms with Gasteiger partial charge in [-0.2, -0.15) is 0 Å². The zero-order valence-electron chi connectivity index (χ0n) is 5.20. The minimum Gasteiger partial charge on any atom is -0.308 e. The van der Waals surface area contributed by atoms with Crippen molar-refractivity contribution >= 4 is 11.6 Å². The topological polar surface area (TPSA) is 12.0 Å². The van der Waals surface area contributed by atoms with E-state index in [2.05, 4.69) is 5.32 Å². The van der Waals surface area contributed by atoms with E-state index in [9.17, 15) is 8.78 Å². The van der Waals surface area contributed by atoms with Crippen molar-refractivity contribution in [2.45, 2.75) is 19.4 Å². The molecule has 1 N–H and O–H groups in total. The van der Waals surface area contributed by atoms with Crippen LogP contribution in [0.5, 0.6) is 0 Å². The number of nitrogens with one attached hydrogen (secondary N) is 1. The normalized spacial score (nSPS) is 14.3. The van der Waals surface area contributed by atoms with Gasteiger partial charge < -0.3 is 5.32 Å². The molecule has 0 fully saturated rings. The molecular formula is C5H10ClF2N. The van der Waals surface area contributed by atoms with E-state index >= 15 is 0 Å². The fourth-order valence-electron chi connectivity index (χ4n) is 0.345. The largest absolute Gasteiger partial charge is 0.308 e. The van der Waals surface area contributed by atoms with Crippen molar-refractivity contribution in [3.63, 3.8) is 0 Å². The molecule has 56 valence electrons. The maximum absolute atomic E-state index is 11.4. The van der Waals surface area contributed by atoms with Crippen molar-refractivity contribution in [2.75, 3.05) is 12.4 Å².